The van der Waals surface area contributed by atoms with Crippen LogP contribution in [0.25, 0.3) is 0 Å². The van der Waals surface area contributed by atoms with Crippen LogP contribution in [0.2, 0.25) is 0 Å². The van der Waals surface area contributed by atoms with E-state index in [1.54, 1.807) is 30.3 Å². The van der Waals surface area contributed by atoms with Gasteiger partial charge in [0, 0.05) is 23.9 Å². The number of carbonyl (C=O) groups is 3. The molecule has 1 aliphatic rings. The lowest BCUT2D eigenvalue weighted by atomic mass is 9.99. The van der Waals surface area contributed by atoms with Crippen LogP contribution in [0, 0.1) is 0 Å². The topological polar surface area (TPSA) is 107 Å². The van der Waals surface area contributed by atoms with Gasteiger partial charge in [-0.1, -0.05) is 12.1 Å². The van der Waals surface area contributed by atoms with Crippen molar-refractivity contribution in [1.82, 2.24) is 0 Å². The van der Waals surface area contributed by atoms with Crippen LogP contribution in [-0.4, -0.2) is 38.9 Å². The van der Waals surface area contributed by atoms with E-state index in [9.17, 15) is 22.8 Å². The van der Waals surface area contributed by atoms with E-state index in [0.29, 0.717) is 29.7 Å². The number of benzene rings is 2. The Kier molecular flexibility index (Phi) is 5.60. The predicted molar refractivity (Wildman–Crippen MR) is 103 cm³/mol. The molecule has 2 aromatic carbocycles. The van der Waals surface area contributed by atoms with Crippen LogP contribution < -0.4 is 5.32 Å². The van der Waals surface area contributed by atoms with Gasteiger partial charge in [0.15, 0.2) is 22.2 Å². The summed E-state index contributed by atoms with van der Waals surface area (Å²) < 4.78 is 27.9. The number of hydrogen-bond donors (Lipinski definition) is 1. The summed E-state index contributed by atoms with van der Waals surface area (Å²) in [6, 6.07) is 11.0. The van der Waals surface area contributed by atoms with Crippen LogP contribution in [0.1, 0.15) is 38.3 Å². The zero-order valence-electron chi connectivity index (χ0n) is 15.2. The van der Waals surface area contributed by atoms with Crippen molar-refractivity contribution in [3.05, 3.63) is 64.7 Å². The van der Waals surface area contributed by atoms with Gasteiger partial charge in [-0.2, -0.15) is 0 Å². The molecule has 3 rings (SSSR count). The zero-order chi connectivity index (χ0) is 20.3. The number of ether oxygens (including phenoxy) is 1. The van der Waals surface area contributed by atoms with Gasteiger partial charge in [0.25, 0.3) is 0 Å². The molecule has 7 nitrogen and oxygen atoms in total. The number of hydrogen-bond acceptors (Lipinski definition) is 6. The molecular formula is C20H19NO6S. The monoisotopic (exact) mass is 401 g/mol. The molecule has 1 aliphatic heterocycles. The number of carbonyl (C=O) groups excluding carboxylic acids is 3. The first kappa shape index (κ1) is 19.8. The zero-order valence-corrected chi connectivity index (χ0v) is 16.0. The van der Waals surface area contributed by atoms with E-state index in [-0.39, 0.29) is 23.0 Å². The average molecular weight is 401 g/mol. The summed E-state index contributed by atoms with van der Waals surface area (Å²) in [5, 5.41) is 2.74. The predicted octanol–water partition coefficient (Wildman–Crippen LogP) is 2.16. The molecule has 0 saturated heterocycles. The summed E-state index contributed by atoms with van der Waals surface area (Å²) >= 11 is 0. The number of sulfone groups is 1. The van der Waals surface area contributed by atoms with Crippen molar-refractivity contribution in [2.24, 2.45) is 0 Å². The van der Waals surface area contributed by atoms with Crippen LogP contribution in [0.15, 0.2) is 42.5 Å². The number of fused-ring (bicyclic) bond motifs is 1. The summed E-state index contributed by atoms with van der Waals surface area (Å²) in [5.41, 5.74) is 2.60. The molecule has 1 amide bonds. The lowest BCUT2D eigenvalue weighted by Crippen LogP contribution is -2.20. The molecule has 8 heteroatoms. The van der Waals surface area contributed by atoms with Gasteiger partial charge in [0.1, 0.15) is 0 Å². The summed E-state index contributed by atoms with van der Waals surface area (Å²) in [5.74, 6) is -1.30. The van der Waals surface area contributed by atoms with Crippen molar-refractivity contribution in [2.45, 2.75) is 18.6 Å². The minimum atomic E-state index is -3.22. The van der Waals surface area contributed by atoms with E-state index in [4.69, 9.17) is 4.74 Å². The Balaban J connectivity index is 1.64. The highest BCUT2D eigenvalue weighted by atomic mass is 32.2. The number of Topliss-reactive ketones (excluding diaryl/α,β-unsaturated/α-hetero) is 1. The van der Waals surface area contributed by atoms with Gasteiger partial charge in [-0.3, -0.25) is 9.59 Å². The van der Waals surface area contributed by atoms with Crippen LogP contribution in [0.4, 0.5) is 5.69 Å². The van der Waals surface area contributed by atoms with Crippen molar-refractivity contribution < 1.29 is 27.5 Å². The maximum atomic E-state index is 12.3. The molecule has 0 radical (unpaired) electrons. The SMILES string of the molecule is CS(=O)(=O)Cc1cccc(C(=O)OCC(=O)c2ccc3c(c2)CCC(=O)N3)c1. The summed E-state index contributed by atoms with van der Waals surface area (Å²) in [6.07, 6.45) is 2.03. The maximum Gasteiger partial charge on any atom is 0.338 e. The van der Waals surface area contributed by atoms with Gasteiger partial charge in [-0.15, -0.1) is 0 Å². The summed E-state index contributed by atoms with van der Waals surface area (Å²) in [6.45, 7) is -0.430. The number of rotatable bonds is 6. The number of nitrogens with one attached hydrogen (secondary N) is 1. The van der Waals surface area contributed by atoms with Crippen molar-refractivity contribution in [3.63, 3.8) is 0 Å². The summed E-state index contributed by atoms with van der Waals surface area (Å²) in [4.78, 5) is 35.9. The Morgan fingerprint density at radius 3 is 2.61 bits per heavy atom. The van der Waals surface area contributed by atoms with Gasteiger partial charge >= 0.3 is 5.97 Å². The lowest BCUT2D eigenvalue weighted by Gasteiger charge is -2.17. The summed E-state index contributed by atoms with van der Waals surface area (Å²) in [7, 11) is -3.22. The molecule has 0 bridgehead atoms. The quantitative estimate of drug-likeness (QED) is 0.587. The van der Waals surface area contributed by atoms with Crippen molar-refractivity contribution in [1.29, 1.82) is 0 Å². The highest BCUT2D eigenvalue weighted by Crippen LogP contribution is 2.23. The van der Waals surface area contributed by atoms with Crippen molar-refractivity contribution >= 4 is 33.2 Å². The van der Waals surface area contributed by atoms with Gasteiger partial charge in [-0.25, -0.2) is 13.2 Å². The van der Waals surface area contributed by atoms with Crippen LogP contribution in [0.3, 0.4) is 0 Å². The van der Waals surface area contributed by atoms with Gasteiger partial charge < -0.3 is 10.1 Å². The fourth-order valence-electron chi connectivity index (χ4n) is 2.95. The highest BCUT2D eigenvalue weighted by molar-refractivity contribution is 7.89. The number of esters is 1. The second-order valence-electron chi connectivity index (χ2n) is 6.69. The maximum absolute atomic E-state index is 12.3. The minimum absolute atomic E-state index is 0.0568. The van der Waals surface area contributed by atoms with E-state index < -0.39 is 22.4 Å². The fraction of sp³-hybridized carbons (Fsp3) is 0.250. The Morgan fingerprint density at radius 2 is 1.86 bits per heavy atom. The molecule has 1 heterocycles. The molecule has 1 N–H and O–H groups in total. The Hall–Kier alpha value is -3.00. The van der Waals surface area contributed by atoms with E-state index in [1.165, 1.54) is 12.1 Å². The number of anilines is 1. The number of aryl methyl sites for hydroxylation is 1. The largest absolute Gasteiger partial charge is 0.454 e. The first-order valence-corrected chi connectivity index (χ1v) is 10.7. The van der Waals surface area contributed by atoms with Crippen molar-refractivity contribution in [3.8, 4) is 0 Å². The average Bonchev–Trinajstić information content (AvgIpc) is 2.64. The molecule has 0 fully saturated rings. The Morgan fingerprint density at radius 1 is 1.07 bits per heavy atom. The Labute approximate surface area is 162 Å². The number of amides is 1. The minimum Gasteiger partial charge on any atom is -0.454 e. The first-order chi connectivity index (χ1) is 13.2. The van der Waals surface area contributed by atoms with E-state index >= 15 is 0 Å². The standard InChI is InChI=1S/C20H19NO6S/c1-28(25,26)12-13-3-2-4-16(9-13)20(24)27-11-18(22)15-5-7-17-14(10-15)6-8-19(23)21-17/h2-5,7,9-10H,6,8,11-12H2,1H3,(H,21,23). The third kappa shape index (κ3) is 5.04. The number of ketones is 1. The molecule has 146 valence electrons. The molecule has 0 aliphatic carbocycles. The molecule has 0 aromatic heterocycles. The second-order valence-corrected chi connectivity index (χ2v) is 8.83. The molecule has 2 aromatic rings. The van der Waals surface area contributed by atoms with Crippen LogP contribution in [0.5, 0.6) is 0 Å². The second kappa shape index (κ2) is 7.93. The third-order valence-electron chi connectivity index (χ3n) is 4.25. The molecule has 0 unspecified atom stereocenters. The molecule has 0 atom stereocenters. The Bertz CT molecular complexity index is 1060. The van der Waals surface area contributed by atoms with E-state index in [1.807, 2.05) is 0 Å². The fourth-order valence-corrected chi connectivity index (χ4v) is 3.73. The van der Waals surface area contributed by atoms with E-state index in [2.05, 4.69) is 5.32 Å². The van der Waals surface area contributed by atoms with Gasteiger partial charge in [0.2, 0.25) is 5.91 Å². The van der Waals surface area contributed by atoms with Crippen molar-refractivity contribution in [2.75, 3.05) is 18.2 Å². The molecule has 0 spiro atoms. The molecule has 0 saturated carbocycles. The first-order valence-electron chi connectivity index (χ1n) is 8.61. The van der Waals surface area contributed by atoms with Gasteiger partial charge in [-0.05, 0) is 47.9 Å². The van der Waals surface area contributed by atoms with E-state index in [0.717, 1.165) is 11.8 Å². The third-order valence-corrected chi connectivity index (χ3v) is 5.11. The molecule has 28 heavy (non-hydrogen) atoms. The van der Waals surface area contributed by atoms with Crippen LogP contribution in [-0.2, 0) is 31.5 Å². The normalized spacial score (nSPS) is 13.4. The van der Waals surface area contributed by atoms with Crippen LogP contribution >= 0.6 is 0 Å². The smallest absolute Gasteiger partial charge is 0.338 e. The lowest BCUT2D eigenvalue weighted by molar-refractivity contribution is -0.116. The van der Waals surface area contributed by atoms with Gasteiger partial charge in [0.05, 0.1) is 11.3 Å². The highest BCUT2D eigenvalue weighted by Gasteiger charge is 2.18. The molecular weight excluding hydrogens is 382 g/mol.